The summed E-state index contributed by atoms with van der Waals surface area (Å²) in [5, 5.41) is 19.0. The van der Waals surface area contributed by atoms with E-state index in [0.29, 0.717) is 24.0 Å². The van der Waals surface area contributed by atoms with Gasteiger partial charge in [0, 0.05) is 23.5 Å². The fourth-order valence-electron chi connectivity index (χ4n) is 2.95. The molecule has 7 heteroatoms. The number of aromatic nitrogens is 4. The molecule has 0 unspecified atom stereocenters. The van der Waals surface area contributed by atoms with Gasteiger partial charge in [-0.1, -0.05) is 0 Å². The lowest BCUT2D eigenvalue weighted by Gasteiger charge is -2.08. The van der Waals surface area contributed by atoms with Gasteiger partial charge >= 0.3 is 0 Å². The monoisotopic (exact) mass is 362 g/mol. The Kier molecular flexibility index (Phi) is 4.58. The summed E-state index contributed by atoms with van der Waals surface area (Å²) in [6, 6.07) is 13.3. The summed E-state index contributed by atoms with van der Waals surface area (Å²) in [5.41, 5.74) is 3.64. The molecule has 2 N–H and O–H groups in total. The number of rotatable bonds is 6. The normalized spacial score (nSPS) is 13.4. The van der Waals surface area contributed by atoms with Crippen molar-refractivity contribution in [3.63, 3.8) is 0 Å². The van der Waals surface area contributed by atoms with Crippen molar-refractivity contribution in [3.05, 3.63) is 53.9 Å². The molecule has 2 aromatic heterocycles. The summed E-state index contributed by atoms with van der Waals surface area (Å²) in [7, 11) is 0. The third-order valence-corrected chi connectivity index (χ3v) is 4.49. The van der Waals surface area contributed by atoms with Gasteiger partial charge in [-0.05, 0) is 75.1 Å². The summed E-state index contributed by atoms with van der Waals surface area (Å²) in [4.78, 5) is 11.9. The molecule has 0 atom stereocenters. The lowest BCUT2D eigenvalue weighted by molar-refractivity contribution is -0.116. The largest absolute Gasteiger partial charge is 0.339 e. The highest BCUT2D eigenvalue weighted by Gasteiger charge is 2.24. The average Bonchev–Trinajstić information content (AvgIpc) is 3.39. The molecule has 1 fully saturated rings. The van der Waals surface area contributed by atoms with Crippen LogP contribution in [-0.4, -0.2) is 25.9 Å². The number of aryl methyl sites for hydroxylation is 2. The molecule has 7 nitrogen and oxygen atoms in total. The van der Waals surface area contributed by atoms with Crippen molar-refractivity contribution in [3.8, 4) is 5.82 Å². The van der Waals surface area contributed by atoms with E-state index in [1.807, 2.05) is 56.3 Å². The Balaban J connectivity index is 1.38. The second kappa shape index (κ2) is 7.19. The zero-order chi connectivity index (χ0) is 18.8. The Morgan fingerprint density at radius 1 is 1.07 bits per heavy atom. The standard InChI is InChI=1S/C20H22N6O/c1-13-11-14(2)26(25-13)19-10-9-18(23-24-19)21-16-5-7-17(8-6-16)22-20(27)12-15-3-4-15/h5-11,15H,3-4,12H2,1-2H3,(H,21,23)(H,22,27). The molecule has 1 saturated carbocycles. The van der Waals surface area contributed by atoms with Gasteiger partial charge in [-0.2, -0.15) is 5.10 Å². The smallest absolute Gasteiger partial charge is 0.224 e. The molecule has 0 spiro atoms. The van der Waals surface area contributed by atoms with Gasteiger partial charge in [0.15, 0.2) is 11.6 Å². The van der Waals surface area contributed by atoms with E-state index >= 15 is 0 Å². The van der Waals surface area contributed by atoms with Gasteiger partial charge < -0.3 is 10.6 Å². The molecule has 0 radical (unpaired) electrons. The molecule has 27 heavy (non-hydrogen) atoms. The van der Waals surface area contributed by atoms with Crippen molar-refractivity contribution < 1.29 is 4.79 Å². The van der Waals surface area contributed by atoms with Gasteiger partial charge in [0.2, 0.25) is 5.91 Å². The highest BCUT2D eigenvalue weighted by molar-refractivity contribution is 5.91. The Hall–Kier alpha value is -3.22. The van der Waals surface area contributed by atoms with E-state index in [0.717, 1.165) is 22.8 Å². The Labute approximate surface area is 157 Å². The molecule has 0 aliphatic heterocycles. The number of carbonyl (C=O) groups is 1. The van der Waals surface area contributed by atoms with Crippen LogP contribution in [0, 0.1) is 19.8 Å². The number of hydrogen-bond acceptors (Lipinski definition) is 5. The second-order valence-electron chi connectivity index (χ2n) is 7.01. The molecule has 1 aromatic carbocycles. The van der Waals surface area contributed by atoms with Gasteiger partial charge in [0.25, 0.3) is 0 Å². The first kappa shape index (κ1) is 17.2. The SMILES string of the molecule is Cc1cc(C)n(-c2ccc(Nc3ccc(NC(=O)CC4CC4)cc3)nn2)n1. The first-order valence-electron chi connectivity index (χ1n) is 9.11. The number of anilines is 3. The number of hydrogen-bond donors (Lipinski definition) is 2. The topological polar surface area (TPSA) is 84.7 Å². The molecular formula is C20H22N6O. The van der Waals surface area contributed by atoms with E-state index < -0.39 is 0 Å². The van der Waals surface area contributed by atoms with Crippen LogP contribution in [-0.2, 0) is 4.79 Å². The van der Waals surface area contributed by atoms with Crippen LogP contribution in [0.1, 0.15) is 30.7 Å². The predicted molar refractivity (Wildman–Crippen MR) is 104 cm³/mol. The number of benzene rings is 1. The van der Waals surface area contributed by atoms with Crippen molar-refractivity contribution in [2.75, 3.05) is 10.6 Å². The number of nitrogens with zero attached hydrogens (tertiary/aromatic N) is 4. The predicted octanol–water partition coefficient (Wildman–Crippen LogP) is 3.76. The van der Waals surface area contributed by atoms with Gasteiger partial charge in [0.05, 0.1) is 5.69 Å². The minimum absolute atomic E-state index is 0.0869. The van der Waals surface area contributed by atoms with Crippen LogP contribution in [0.25, 0.3) is 5.82 Å². The van der Waals surface area contributed by atoms with Gasteiger partial charge in [0.1, 0.15) is 0 Å². The van der Waals surface area contributed by atoms with Crippen LogP contribution in [0.15, 0.2) is 42.5 Å². The van der Waals surface area contributed by atoms with Crippen molar-refractivity contribution in [2.24, 2.45) is 5.92 Å². The van der Waals surface area contributed by atoms with E-state index in [9.17, 15) is 4.79 Å². The third-order valence-electron chi connectivity index (χ3n) is 4.49. The fraction of sp³-hybridized carbons (Fsp3) is 0.300. The Bertz CT molecular complexity index is 942. The molecule has 2 heterocycles. The first-order chi connectivity index (χ1) is 13.1. The van der Waals surface area contributed by atoms with E-state index in [1.165, 1.54) is 12.8 Å². The number of carbonyl (C=O) groups excluding carboxylic acids is 1. The van der Waals surface area contributed by atoms with E-state index in [-0.39, 0.29) is 5.91 Å². The van der Waals surface area contributed by atoms with Gasteiger partial charge in [-0.25, -0.2) is 4.68 Å². The van der Waals surface area contributed by atoms with Crippen molar-refractivity contribution in [1.82, 2.24) is 20.0 Å². The van der Waals surface area contributed by atoms with Crippen LogP contribution >= 0.6 is 0 Å². The molecule has 138 valence electrons. The maximum absolute atomic E-state index is 11.9. The molecule has 0 saturated heterocycles. The van der Waals surface area contributed by atoms with Crippen LogP contribution in [0.2, 0.25) is 0 Å². The molecule has 3 aromatic rings. The molecule has 1 aliphatic carbocycles. The average molecular weight is 362 g/mol. The number of nitrogens with one attached hydrogen (secondary N) is 2. The van der Waals surface area contributed by atoms with Crippen molar-refractivity contribution in [1.29, 1.82) is 0 Å². The summed E-state index contributed by atoms with van der Waals surface area (Å²) >= 11 is 0. The lowest BCUT2D eigenvalue weighted by Crippen LogP contribution is -2.11. The molecule has 1 amide bonds. The van der Waals surface area contributed by atoms with Crippen LogP contribution < -0.4 is 10.6 Å². The van der Waals surface area contributed by atoms with Crippen molar-refractivity contribution >= 4 is 23.1 Å². The van der Waals surface area contributed by atoms with E-state index in [1.54, 1.807) is 4.68 Å². The Morgan fingerprint density at radius 3 is 2.41 bits per heavy atom. The molecular weight excluding hydrogens is 340 g/mol. The quantitative estimate of drug-likeness (QED) is 0.697. The van der Waals surface area contributed by atoms with Gasteiger partial charge in [-0.3, -0.25) is 4.79 Å². The highest BCUT2D eigenvalue weighted by Crippen LogP contribution is 2.32. The summed E-state index contributed by atoms with van der Waals surface area (Å²) < 4.78 is 1.77. The molecule has 1 aliphatic rings. The summed E-state index contributed by atoms with van der Waals surface area (Å²) in [6.45, 7) is 3.93. The fourth-order valence-corrected chi connectivity index (χ4v) is 2.95. The van der Waals surface area contributed by atoms with Crippen molar-refractivity contribution in [2.45, 2.75) is 33.1 Å². The maximum atomic E-state index is 11.9. The first-order valence-corrected chi connectivity index (χ1v) is 9.11. The minimum Gasteiger partial charge on any atom is -0.339 e. The summed E-state index contributed by atoms with van der Waals surface area (Å²) in [6.07, 6.45) is 2.97. The second-order valence-corrected chi connectivity index (χ2v) is 7.01. The Morgan fingerprint density at radius 2 is 1.81 bits per heavy atom. The van der Waals surface area contributed by atoms with E-state index in [2.05, 4.69) is 25.9 Å². The lowest BCUT2D eigenvalue weighted by atomic mass is 10.2. The van der Waals surface area contributed by atoms with E-state index in [4.69, 9.17) is 0 Å². The number of amides is 1. The van der Waals surface area contributed by atoms with Crippen LogP contribution in [0.4, 0.5) is 17.2 Å². The van der Waals surface area contributed by atoms with Gasteiger partial charge in [-0.15, -0.1) is 10.2 Å². The van der Waals surface area contributed by atoms with Crippen LogP contribution in [0.3, 0.4) is 0 Å². The highest BCUT2D eigenvalue weighted by atomic mass is 16.1. The summed E-state index contributed by atoms with van der Waals surface area (Å²) in [5.74, 6) is 2.00. The third kappa shape index (κ3) is 4.31. The zero-order valence-electron chi connectivity index (χ0n) is 15.4. The minimum atomic E-state index is 0.0869. The zero-order valence-corrected chi connectivity index (χ0v) is 15.4. The molecule has 0 bridgehead atoms. The van der Waals surface area contributed by atoms with Crippen LogP contribution in [0.5, 0.6) is 0 Å². The molecule has 4 rings (SSSR count). The maximum Gasteiger partial charge on any atom is 0.224 e.